The summed E-state index contributed by atoms with van der Waals surface area (Å²) in [6, 6.07) is 7.44. The number of halogens is 4. The molecule has 0 atom stereocenters. The minimum absolute atomic E-state index is 0.0926. The maximum Gasteiger partial charge on any atom is 0.335 e. The Morgan fingerprint density at radius 2 is 1.47 bits per heavy atom. The Bertz CT molecular complexity index is 645. The van der Waals surface area contributed by atoms with Crippen LogP contribution in [0.25, 0.3) is 11.1 Å². The Kier molecular flexibility index (Phi) is 4.26. The van der Waals surface area contributed by atoms with E-state index in [1.165, 1.54) is 12.1 Å². The molecular formula is C13H6Cl4O2. The zero-order valence-corrected chi connectivity index (χ0v) is 12.3. The number of carboxylic acid groups (broad SMARTS) is 1. The van der Waals surface area contributed by atoms with Crippen molar-refractivity contribution in [2.24, 2.45) is 0 Å². The molecule has 0 saturated carbocycles. The van der Waals surface area contributed by atoms with Crippen LogP contribution in [0, 0.1) is 0 Å². The van der Waals surface area contributed by atoms with E-state index in [2.05, 4.69) is 0 Å². The van der Waals surface area contributed by atoms with E-state index < -0.39 is 5.97 Å². The molecule has 0 aliphatic heterocycles. The fourth-order valence-corrected chi connectivity index (χ4v) is 2.95. The van der Waals surface area contributed by atoms with Gasteiger partial charge in [-0.3, -0.25) is 0 Å². The van der Waals surface area contributed by atoms with E-state index in [1.54, 1.807) is 18.2 Å². The normalized spacial score (nSPS) is 10.5. The van der Waals surface area contributed by atoms with E-state index >= 15 is 0 Å². The van der Waals surface area contributed by atoms with E-state index in [1.807, 2.05) is 0 Å². The van der Waals surface area contributed by atoms with Gasteiger partial charge in [0.1, 0.15) is 0 Å². The van der Waals surface area contributed by atoms with Gasteiger partial charge in [0.15, 0.2) is 0 Å². The molecule has 19 heavy (non-hydrogen) atoms. The van der Waals surface area contributed by atoms with Crippen molar-refractivity contribution in [3.8, 4) is 11.1 Å². The Morgan fingerprint density at radius 1 is 0.895 bits per heavy atom. The SMILES string of the molecule is O=C(O)c1ccc(-c2c(Cl)cc(Cl)cc2Cl)c(Cl)c1. The average molecular weight is 336 g/mol. The lowest BCUT2D eigenvalue weighted by Crippen LogP contribution is -1.96. The third-order valence-corrected chi connectivity index (χ3v) is 3.62. The van der Waals surface area contributed by atoms with Crippen LogP contribution >= 0.6 is 46.4 Å². The smallest absolute Gasteiger partial charge is 0.335 e. The first-order valence-electron chi connectivity index (χ1n) is 5.08. The van der Waals surface area contributed by atoms with Crippen molar-refractivity contribution in [3.05, 3.63) is 56.0 Å². The molecule has 0 fully saturated rings. The molecule has 0 amide bonds. The van der Waals surface area contributed by atoms with Gasteiger partial charge in [-0.1, -0.05) is 52.5 Å². The molecule has 6 heteroatoms. The molecule has 0 radical (unpaired) electrons. The van der Waals surface area contributed by atoms with E-state index in [4.69, 9.17) is 51.5 Å². The third-order valence-electron chi connectivity index (χ3n) is 2.49. The quantitative estimate of drug-likeness (QED) is 0.768. The highest BCUT2D eigenvalue weighted by molar-refractivity contribution is 6.43. The van der Waals surface area contributed by atoms with Crippen LogP contribution in [0.15, 0.2) is 30.3 Å². The monoisotopic (exact) mass is 334 g/mol. The van der Waals surface area contributed by atoms with Gasteiger partial charge in [-0.25, -0.2) is 4.79 Å². The van der Waals surface area contributed by atoms with Crippen LogP contribution in [0.5, 0.6) is 0 Å². The molecule has 0 aliphatic carbocycles. The van der Waals surface area contributed by atoms with Gasteiger partial charge >= 0.3 is 5.97 Å². The number of hydrogen-bond acceptors (Lipinski definition) is 1. The summed E-state index contributed by atoms with van der Waals surface area (Å²) in [4.78, 5) is 10.9. The predicted molar refractivity (Wildman–Crippen MR) is 78.9 cm³/mol. The van der Waals surface area contributed by atoms with Crippen LogP contribution in [0.4, 0.5) is 0 Å². The molecular weight excluding hydrogens is 330 g/mol. The zero-order valence-electron chi connectivity index (χ0n) is 9.25. The fourth-order valence-electron chi connectivity index (χ4n) is 1.65. The largest absolute Gasteiger partial charge is 0.478 e. The minimum atomic E-state index is -1.05. The van der Waals surface area contributed by atoms with Crippen molar-refractivity contribution >= 4 is 52.4 Å². The summed E-state index contributed by atoms with van der Waals surface area (Å²) in [6.07, 6.45) is 0. The lowest BCUT2D eigenvalue weighted by Gasteiger charge is -2.10. The molecule has 2 aromatic rings. The zero-order chi connectivity index (χ0) is 14.2. The van der Waals surface area contributed by atoms with E-state index in [-0.39, 0.29) is 10.6 Å². The van der Waals surface area contributed by atoms with Crippen molar-refractivity contribution in [2.45, 2.75) is 0 Å². The van der Waals surface area contributed by atoms with Gasteiger partial charge in [-0.05, 0) is 24.3 Å². The highest BCUT2D eigenvalue weighted by Crippen LogP contribution is 2.40. The van der Waals surface area contributed by atoms with Crippen LogP contribution < -0.4 is 0 Å². The summed E-state index contributed by atoms with van der Waals surface area (Å²) in [7, 11) is 0. The van der Waals surface area contributed by atoms with Crippen molar-refractivity contribution in [2.75, 3.05) is 0 Å². The number of carboxylic acids is 1. The molecule has 2 rings (SSSR count). The summed E-state index contributed by atoms with van der Waals surface area (Å²) >= 11 is 24.1. The molecule has 0 aliphatic rings. The highest BCUT2D eigenvalue weighted by atomic mass is 35.5. The molecule has 98 valence electrons. The van der Waals surface area contributed by atoms with Gasteiger partial charge in [-0.2, -0.15) is 0 Å². The van der Waals surface area contributed by atoms with Crippen LogP contribution in [-0.2, 0) is 0 Å². The van der Waals surface area contributed by atoms with Gasteiger partial charge in [-0.15, -0.1) is 0 Å². The number of aromatic carboxylic acids is 1. The van der Waals surface area contributed by atoms with Gasteiger partial charge in [0, 0.05) is 21.2 Å². The average Bonchev–Trinajstić information content (AvgIpc) is 2.29. The second-order valence-electron chi connectivity index (χ2n) is 3.74. The van der Waals surface area contributed by atoms with Crippen molar-refractivity contribution in [1.29, 1.82) is 0 Å². The summed E-state index contributed by atoms with van der Waals surface area (Å²) in [5.41, 5.74) is 1.17. The summed E-state index contributed by atoms with van der Waals surface area (Å²) in [5.74, 6) is -1.05. The standard InChI is InChI=1S/C13H6Cl4O2/c14-7-4-10(16)12(11(17)5-7)8-2-1-6(13(18)19)3-9(8)15/h1-5H,(H,18,19). The molecule has 0 heterocycles. The molecule has 2 aromatic carbocycles. The van der Waals surface area contributed by atoms with Crippen molar-refractivity contribution in [3.63, 3.8) is 0 Å². The van der Waals surface area contributed by atoms with E-state index in [9.17, 15) is 4.79 Å². The number of hydrogen-bond donors (Lipinski definition) is 1. The first-order valence-corrected chi connectivity index (χ1v) is 6.59. The van der Waals surface area contributed by atoms with Crippen LogP contribution in [0.1, 0.15) is 10.4 Å². The van der Waals surface area contributed by atoms with Gasteiger partial charge in [0.2, 0.25) is 0 Å². The van der Waals surface area contributed by atoms with Crippen molar-refractivity contribution in [1.82, 2.24) is 0 Å². The Morgan fingerprint density at radius 3 is 1.95 bits per heavy atom. The molecule has 0 aromatic heterocycles. The lowest BCUT2D eigenvalue weighted by molar-refractivity contribution is 0.0697. The highest BCUT2D eigenvalue weighted by Gasteiger charge is 2.15. The van der Waals surface area contributed by atoms with E-state index in [0.717, 1.165) is 0 Å². The Labute approximate surface area is 129 Å². The summed E-state index contributed by atoms with van der Waals surface area (Å²) in [5, 5.41) is 10.3. The molecule has 1 N–H and O–H groups in total. The maximum absolute atomic E-state index is 10.9. The van der Waals surface area contributed by atoms with Crippen LogP contribution in [-0.4, -0.2) is 11.1 Å². The minimum Gasteiger partial charge on any atom is -0.478 e. The topological polar surface area (TPSA) is 37.3 Å². The predicted octanol–water partition coefficient (Wildman–Crippen LogP) is 5.67. The van der Waals surface area contributed by atoms with E-state index in [0.29, 0.717) is 26.2 Å². The number of carbonyl (C=O) groups is 1. The molecule has 2 nitrogen and oxygen atoms in total. The fraction of sp³-hybridized carbons (Fsp3) is 0. The number of rotatable bonds is 2. The first-order chi connectivity index (χ1) is 8.90. The maximum atomic E-state index is 10.9. The molecule has 0 unspecified atom stereocenters. The van der Waals surface area contributed by atoms with Gasteiger partial charge in [0.05, 0.1) is 15.6 Å². The molecule has 0 spiro atoms. The second kappa shape index (κ2) is 5.59. The van der Waals surface area contributed by atoms with Crippen LogP contribution in [0.2, 0.25) is 20.1 Å². The molecule has 0 saturated heterocycles. The summed E-state index contributed by atoms with van der Waals surface area (Å²) in [6.45, 7) is 0. The van der Waals surface area contributed by atoms with Crippen LogP contribution in [0.3, 0.4) is 0 Å². The lowest BCUT2D eigenvalue weighted by atomic mass is 10.0. The second-order valence-corrected chi connectivity index (χ2v) is 5.40. The summed E-state index contributed by atoms with van der Waals surface area (Å²) < 4.78 is 0. The molecule has 0 bridgehead atoms. The Balaban J connectivity index is 2.63. The first kappa shape index (κ1) is 14.5. The third kappa shape index (κ3) is 2.98. The van der Waals surface area contributed by atoms with Crippen molar-refractivity contribution < 1.29 is 9.90 Å². The number of benzene rings is 2. The van der Waals surface area contributed by atoms with Gasteiger partial charge in [0.25, 0.3) is 0 Å². The Hall–Kier alpha value is -0.930. The van der Waals surface area contributed by atoms with Gasteiger partial charge < -0.3 is 5.11 Å².